The quantitative estimate of drug-likeness (QED) is 0.603. The van der Waals surface area contributed by atoms with Gasteiger partial charge in [-0.3, -0.25) is 4.79 Å². The van der Waals surface area contributed by atoms with Crippen LogP contribution in [0.4, 0.5) is 0 Å². The molecule has 1 atom stereocenters. The third-order valence-electron chi connectivity index (χ3n) is 4.43. The van der Waals surface area contributed by atoms with E-state index in [2.05, 4.69) is 29.1 Å². The average molecular weight is 378 g/mol. The van der Waals surface area contributed by atoms with Gasteiger partial charge in [0.25, 0.3) is 0 Å². The zero-order chi connectivity index (χ0) is 19.4. The van der Waals surface area contributed by atoms with E-state index in [1.54, 1.807) is 12.5 Å². The highest BCUT2D eigenvalue weighted by atomic mass is 35.5. The lowest BCUT2D eigenvalue weighted by Crippen LogP contribution is -2.42. The van der Waals surface area contributed by atoms with Crippen LogP contribution in [0, 0.1) is 6.92 Å². The lowest BCUT2D eigenvalue weighted by atomic mass is 9.78. The highest BCUT2D eigenvalue weighted by Crippen LogP contribution is 2.30. The first-order valence-corrected chi connectivity index (χ1v) is 9.81. The molecule has 26 heavy (non-hydrogen) atoms. The first kappa shape index (κ1) is 22.2. The fraction of sp³-hybridized carbons (Fsp3) is 0.524. The monoisotopic (exact) mass is 377 g/mol. The largest absolute Gasteiger partial charge is 0.355 e. The van der Waals surface area contributed by atoms with Crippen LogP contribution in [0.1, 0.15) is 64.1 Å². The number of carbonyl (C=O) groups excluding carboxylic acids is 1. The standard InChI is InChI=1S/C17H26ClNO.C4H6N2/c1-4-6-7-13-19-16(20)17(3,12-5-2)14-8-10-15(18)11-9-14;1-4-2-5-3-6-4/h8-11H,4-7,12-13H2,1-3H3,(H,19,20);2-3H,1H3,(H,5,6). The van der Waals surface area contributed by atoms with E-state index in [-0.39, 0.29) is 5.91 Å². The summed E-state index contributed by atoms with van der Waals surface area (Å²) in [4.78, 5) is 19.2. The molecule has 1 aromatic carbocycles. The average Bonchev–Trinajstić information content (AvgIpc) is 3.10. The molecule has 2 rings (SSSR count). The zero-order valence-electron chi connectivity index (χ0n) is 16.4. The number of nitrogens with zero attached hydrogens (tertiary/aromatic N) is 1. The Morgan fingerprint density at radius 1 is 1.19 bits per heavy atom. The van der Waals surface area contributed by atoms with Crippen molar-refractivity contribution in [3.05, 3.63) is 53.1 Å². The van der Waals surface area contributed by atoms with Gasteiger partial charge in [-0.1, -0.05) is 56.8 Å². The molecule has 1 heterocycles. The van der Waals surface area contributed by atoms with E-state index >= 15 is 0 Å². The summed E-state index contributed by atoms with van der Waals surface area (Å²) in [5, 5.41) is 3.79. The van der Waals surface area contributed by atoms with Crippen molar-refractivity contribution in [2.75, 3.05) is 6.54 Å². The van der Waals surface area contributed by atoms with Crippen LogP contribution >= 0.6 is 11.6 Å². The summed E-state index contributed by atoms with van der Waals surface area (Å²) < 4.78 is 0. The van der Waals surface area contributed by atoms with Crippen molar-refractivity contribution in [3.63, 3.8) is 0 Å². The number of amides is 1. The van der Waals surface area contributed by atoms with Crippen LogP contribution in [0.15, 0.2) is 36.8 Å². The predicted octanol–water partition coefficient (Wildman–Crippen LogP) is 5.42. The summed E-state index contributed by atoms with van der Waals surface area (Å²) in [5.41, 5.74) is 1.68. The number of aryl methyl sites for hydroxylation is 1. The maximum Gasteiger partial charge on any atom is 0.230 e. The van der Waals surface area contributed by atoms with Crippen LogP contribution < -0.4 is 5.32 Å². The van der Waals surface area contributed by atoms with Crippen molar-refractivity contribution in [3.8, 4) is 0 Å². The summed E-state index contributed by atoms with van der Waals surface area (Å²) in [6.45, 7) is 9.02. The number of aromatic nitrogens is 2. The molecule has 2 aromatic rings. The smallest absolute Gasteiger partial charge is 0.230 e. The molecule has 4 nitrogen and oxygen atoms in total. The Bertz CT molecular complexity index is 625. The number of hydrogen-bond acceptors (Lipinski definition) is 2. The number of nitrogens with one attached hydrogen (secondary N) is 2. The SMILES string of the molecule is CCCCCNC(=O)C(C)(CCC)c1ccc(Cl)cc1.Cc1cnc[nH]1. The van der Waals surface area contributed by atoms with E-state index < -0.39 is 5.41 Å². The number of aromatic amines is 1. The van der Waals surface area contributed by atoms with E-state index in [1.165, 1.54) is 6.42 Å². The lowest BCUT2D eigenvalue weighted by Gasteiger charge is -2.28. The second-order valence-electron chi connectivity index (χ2n) is 6.79. The Balaban J connectivity index is 0.000000472. The summed E-state index contributed by atoms with van der Waals surface area (Å²) in [7, 11) is 0. The molecule has 0 aliphatic heterocycles. The van der Waals surface area contributed by atoms with Gasteiger partial charge in [-0.15, -0.1) is 0 Å². The molecule has 144 valence electrons. The van der Waals surface area contributed by atoms with Gasteiger partial charge in [0.05, 0.1) is 11.7 Å². The van der Waals surface area contributed by atoms with Crippen LogP contribution in [0.5, 0.6) is 0 Å². The first-order chi connectivity index (χ1) is 12.4. The van der Waals surface area contributed by atoms with Gasteiger partial charge in [0, 0.05) is 23.5 Å². The van der Waals surface area contributed by atoms with E-state index in [1.807, 2.05) is 38.1 Å². The minimum atomic E-state index is -0.467. The summed E-state index contributed by atoms with van der Waals surface area (Å²) >= 11 is 5.94. The Morgan fingerprint density at radius 2 is 1.88 bits per heavy atom. The van der Waals surface area contributed by atoms with Crippen LogP contribution in [-0.2, 0) is 10.2 Å². The van der Waals surface area contributed by atoms with Gasteiger partial charge in [0.1, 0.15) is 0 Å². The second kappa shape index (κ2) is 11.7. The summed E-state index contributed by atoms with van der Waals surface area (Å²) in [6, 6.07) is 7.64. The number of hydrogen-bond donors (Lipinski definition) is 2. The van der Waals surface area contributed by atoms with Crippen molar-refractivity contribution in [1.29, 1.82) is 0 Å². The van der Waals surface area contributed by atoms with Crippen molar-refractivity contribution in [2.24, 2.45) is 0 Å². The molecule has 0 bridgehead atoms. The van der Waals surface area contributed by atoms with E-state index in [4.69, 9.17) is 11.6 Å². The zero-order valence-corrected chi connectivity index (χ0v) is 17.2. The molecule has 1 unspecified atom stereocenters. The molecule has 0 fully saturated rings. The number of halogens is 1. The molecule has 0 radical (unpaired) electrons. The Kier molecular flexibility index (Phi) is 10.0. The summed E-state index contributed by atoms with van der Waals surface area (Å²) in [5.74, 6) is 0.123. The van der Waals surface area contributed by atoms with Gasteiger partial charge in [0.15, 0.2) is 0 Å². The van der Waals surface area contributed by atoms with Gasteiger partial charge < -0.3 is 10.3 Å². The van der Waals surface area contributed by atoms with Crippen LogP contribution in [0.25, 0.3) is 0 Å². The fourth-order valence-corrected chi connectivity index (χ4v) is 2.93. The number of carbonyl (C=O) groups is 1. The highest BCUT2D eigenvalue weighted by Gasteiger charge is 2.33. The summed E-state index contributed by atoms with van der Waals surface area (Å²) in [6.07, 6.45) is 8.63. The van der Waals surface area contributed by atoms with E-state index in [0.29, 0.717) is 5.02 Å². The van der Waals surface area contributed by atoms with Gasteiger partial charge in [0.2, 0.25) is 5.91 Å². The minimum Gasteiger partial charge on any atom is -0.355 e. The van der Waals surface area contributed by atoms with Crippen LogP contribution in [0.3, 0.4) is 0 Å². The van der Waals surface area contributed by atoms with Gasteiger partial charge in [-0.05, 0) is 44.4 Å². The first-order valence-electron chi connectivity index (χ1n) is 9.43. The minimum absolute atomic E-state index is 0.123. The van der Waals surface area contributed by atoms with Crippen LogP contribution in [-0.4, -0.2) is 22.4 Å². The van der Waals surface area contributed by atoms with Crippen molar-refractivity contribution in [1.82, 2.24) is 15.3 Å². The lowest BCUT2D eigenvalue weighted by molar-refractivity contribution is -0.126. The number of imidazole rings is 1. The molecule has 0 saturated heterocycles. The number of rotatable bonds is 8. The topological polar surface area (TPSA) is 57.8 Å². The molecule has 0 aliphatic carbocycles. The normalized spacial score (nSPS) is 12.7. The molecule has 1 aromatic heterocycles. The van der Waals surface area contributed by atoms with Crippen molar-refractivity contribution in [2.45, 2.75) is 65.2 Å². The molecular formula is C21H32ClN3O. The van der Waals surface area contributed by atoms with E-state index in [0.717, 1.165) is 43.5 Å². The predicted molar refractivity (Wildman–Crippen MR) is 110 cm³/mol. The maximum absolute atomic E-state index is 12.6. The van der Waals surface area contributed by atoms with Crippen molar-refractivity contribution >= 4 is 17.5 Å². The number of benzene rings is 1. The fourth-order valence-electron chi connectivity index (χ4n) is 2.80. The molecular weight excluding hydrogens is 346 g/mol. The van der Waals surface area contributed by atoms with Crippen molar-refractivity contribution < 1.29 is 4.79 Å². The molecule has 2 N–H and O–H groups in total. The Morgan fingerprint density at radius 3 is 2.35 bits per heavy atom. The molecule has 0 aliphatic rings. The molecule has 0 spiro atoms. The third kappa shape index (κ3) is 7.20. The Labute approximate surface area is 162 Å². The number of unbranched alkanes of at least 4 members (excludes halogenated alkanes) is 2. The van der Waals surface area contributed by atoms with Gasteiger partial charge in [-0.25, -0.2) is 4.98 Å². The molecule has 1 amide bonds. The third-order valence-corrected chi connectivity index (χ3v) is 4.69. The van der Waals surface area contributed by atoms with Gasteiger partial charge in [-0.2, -0.15) is 0 Å². The number of H-pyrrole nitrogens is 1. The Hall–Kier alpha value is -1.81. The molecule has 0 saturated carbocycles. The molecule has 5 heteroatoms. The van der Waals surface area contributed by atoms with Gasteiger partial charge >= 0.3 is 0 Å². The van der Waals surface area contributed by atoms with Crippen LogP contribution in [0.2, 0.25) is 5.02 Å². The van der Waals surface area contributed by atoms with E-state index in [9.17, 15) is 4.79 Å². The maximum atomic E-state index is 12.6. The second-order valence-corrected chi connectivity index (χ2v) is 7.22. The highest BCUT2D eigenvalue weighted by molar-refractivity contribution is 6.30.